The molecule has 0 spiro atoms. The summed E-state index contributed by atoms with van der Waals surface area (Å²) in [6.45, 7) is 4.92. The highest BCUT2D eigenvalue weighted by Crippen LogP contribution is 2.22. The van der Waals surface area contributed by atoms with Gasteiger partial charge in [0.2, 0.25) is 5.91 Å². The summed E-state index contributed by atoms with van der Waals surface area (Å²) in [5, 5.41) is 3.07. The first-order chi connectivity index (χ1) is 9.11. The number of carbonyl (C=O) groups excluding carboxylic acids is 1. The lowest BCUT2D eigenvalue weighted by Gasteiger charge is -2.30. The van der Waals surface area contributed by atoms with Gasteiger partial charge in [-0.25, -0.2) is 0 Å². The van der Waals surface area contributed by atoms with Crippen molar-refractivity contribution >= 4 is 17.3 Å². The van der Waals surface area contributed by atoms with E-state index in [1.54, 1.807) is 0 Å². The van der Waals surface area contributed by atoms with Crippen LogP contribution in [0.25, 0.3) is 0 Å². The summed E-state index contributed by atoms with van der Waals surface area (Å²) in [7, 11) is 0. The number of nitrogens with zero attached hydrogens (tertiary/aromatic N) is 1. The van der Waals surface area contributed by atoms with Gasteiger partial charge in [-0.15, -0.1) is 0 Å². The number of rotatable bonds is 6. The number of hydrogen-bond acceptors (Lipinski definition) is 3. The number of carbonyl (C=O) groups is 1. The van der Waals surface area contributed by atoms with E-state index in [1.807, 2.05) is 31.2 Å². The number of nitrogen functional groups attached to an aromatic ring is 1. The molecule has 0 aliphatic heterocycles. The monoisotopic (exact) mass is 261 g/mol. The molecule has 0 aromatic heterocycles. The Morgan fingerprint density at radius 2 is 2.26 bits per heavy atom. The van der Waals surface area contributed by atoms with Crippen molar-refractivity contribution in [2.24, 2.45) is 0 Å². The topological polar surface area (TPSA) is 58.4 Å². The minimum atomic E-state index is -0.164. The number of anilines is 2. The molecule has 4 heteroatoms. The molecular weight excluding hydrogens is 238 g/mol. The summed E-state index contributed by atoms with van der Waals surface area (Å²) in [6.07, 6.45) is 3.23. The lowest BCUT2D eigenvalue weighted by molar-refractivity contribution is -0.122. The van der Waals surface area contributed by atoms with E-state index in [0.717, 1.165) is 37.2 Å². The largest absolute Gasteiger partial charge is 0.399 e. The third-order valence-electron chi connectivity index (χ3n) is 3.44. The van der Waals surface area contributed by atoms with Gasteiger partial charge in [0.05, 0.1) is 0 Å². The molecule has 1 aromatic rings. The number of nitrogens with two attached hydrogens (primary N) is 1. The van der Waals surface area contributed by atoms with Crippen molar-refractivity contribution in [3.8, 4) is 0 Å². The van der Waals surface area contributed by atoms with Gasteiger partial charge in [-0.2, -0.15) is 0 Å². The molecule has 2 rings (SSSR count). The second kappa shape index (κ2) is 5.95. The van der Waals surface area contributed by atoms with Crippen LogP contribution in [0.1, 0.15) is 33.1 Å². The second-order valence-electron chi connectivity index (χ2n) is 5.25. The van der Waals surface area contributed by atoms with Crippen LogP contribution in [0.15, 0.2) is 24.3 Å². The molecule has 0 heterocycles. The van der Waals surface area contributed by atoms with Crippen molar-refractivity contribution in [3.05, 3.63) is 24.3 Å². The van der Waals surface area contributed by atoms with Gasteiger partial charge in [0.15, 0.2) is 0 Å². The van der Waals surface area contributed by atoms with Crippen LogP contribution >= 0.6 is 0 Å². The first-order valence-corrected chi connectivity index (χ1v) is 7.04. The summed E-state index contributed by atoms with van der Waals surface area (Å²) < 4.78 is 0. The fraction of sp³-hybridized carbons (Fsp3) is 0.533. The normalized spacial score (nSPS) is 15.9. The van der Waals surface area contributed by atoms with Crippen molar-refractivity contribution < 1.29 is 4.79 Å². The zero-order valence-corrected chi connectivity index (χ0v) is 11.7. The molecule has 1 aliphatic rings. The fourth-order valence-corrected chi connectivity index (χ4v) is 2.18. The highest BCUT2D eigenvalue weighted by atomic mass is 16.2. The summed E-state index contributed by atoms with van der Waals surface area (Å²) in [4.78, 5) is 14.3. The van der Waals surface area contributed by atoms with Crippen LogP contribution in [-0.2, 0) is 4.79 Å². The standard InChI is InChI=1S/C15H23N3O/c1-3-9-18(14-6-4-5-12(16)10-14)11(2)15(19)17-13-7-8-13/h4-6,10-11,13H,3,7-9,16H2,1-2H3,(H,17,19). The quantitative estimate of drug-likeness (QED) is 0.771. The predicted octanol–water partition coefficient (Wildman–Crippen LogP) is 2.15. The Morgan fingerprint density at radius 3 is 2.84 bits per heavy atom. The van der Waals surface area contributed by atoms with Crippen molar-refractivity contribution in [2.75, 3.05) is 17.2 Å². The van der Waals surface area contributed by atoms with E-state index in [1.165, 1.54) is 0 Å². The van der Waals surface area contributed by atoms with Gasteiger partial charge in [0.1, 0.15) is 6.04 Å². The van der Waals surface area contributed by atoms with Crippen molar-refractivity contribution in [2.45, 2.75) is 45.2 Å². The molecule has 0 saturated heterocycles. The van der Waals surface area contributed by atoms with E-state index >= 15 is 0 Å². The van der Waals surface area contributed by atoms with E-state index < -0.39 is 0 Å². The fourth-order valence-electron chi connectivity index (χ4n) is 2.18. The zero-order chi connectivity index (χ0) is 13.8. The third kappa shape index (κ3) is 3.63. The Hall–Kier alpha value is -1.71. The van der Waals surface area contributed by atoms with E-state index in [-0.39, 0.29) is 11.9 Å². The Morgan fingerprint density at radius 1 is 1.53 bits per heavy atom. The molecule has 3 N–H and O–H groups in total. The van der Waals surface area contributed by atoms with Crippen molar-refractivity contribution in [1.29, 1.82) is 0 Å². The molecule has 0 bridgehead atoms. The molecule has 1 aromatic carbocycles. The molecule has 1 amide bonds. The first-order valence-electron chi connectivity index (χ1n) is 7.04. The van der Waals surface area contributed by atoms with Crippen LogP contribution in [0.2, 0.25) is 0 Å². The highest BCUT2D eigenvalue weighted by molar-refractivity contribution is 5.85. The number of benzene rings is 1. The SMILES string of the molecule is CCCN(c1cccc(N)c1)C(C)C(=O)NC1CC1. The lowest BCUT2D eigenvalue weighted by Crippen LogP contribution is -2.46. The van der Waals surface area contributed by atoms with Gasteiger partial charge in [-0.05, 0) is 44.4 Å². The summed E-state index contributed by atoms with van der Waals surface area (Å²) >= 11 is 0. The predicted molar refractivity (Wildman–Crippen MR) is 79.1 cm³/mol. The molecule has 1 atom stereocenters. The molecule has 104 valence electrons. The molecular formula is C15H23N3O. The maximum atomic E-state index is 12.2. The van der Waals surface area contributed by atoms with Gasteiger partial charge in [-0.3, -0.25) is 4.79 Å². The zero-order valence-electron chi connectivity index (χ0n) is 11.7. The van der Waals surface area contributed by atoms with Crippen LogP contribution < -0.4 is 16.0 Å². The number of amides is 1. The van der Waals surface area contributed by atoms with Gasteiger partial charge in [-0.1, -0.05) is 13.0 Å². The van der Waals surface area contributed by atoms with Crippen LogP contribution in [0.3, 0.4) is 0 Å². The molecule has 1 aliphatic carbocycles. The molecule has 4 nitrogen and oxygen atoms in total. The van der Waals surface area contributed by atoms with Gasteiger partial charge >= 0.3 is 0 Å². The lowest BCUT2D eigenvalue weighted by atomic mass is 10.2. The highest BCUT2D eigenvalue weighted by Gasteiger charge is 2.28. The molecule has 1 unspecified atom stereocenters. The van der Waals surface area contributed by atoms with Crippen molar-refractivity contribution in [1.82, 2.24) is 5.32 Å². The summed E-state index contributed by atoms with van der Waals surface area (Å²) in [6, 6.07) is 7.96. The van der Waals surface area contributed by atoms with E-state index in [0.29, 0.717) is 6.04 Å². The van der Waals surface area contributed by atoms with Gasteiger partial charge in [0.25, 0.3) is 0 Å². The molecule has 19 heavy (non-hydrogen) atoms. The van der Waals surface area contributed by atoms with E-state index in [2.05, 4.69) is 17.1 Å². The van der Waals surface area contributed by atoms with Crippen LogP contribution in [0, 0.1) is 0 Å². The smallest absolute Gasteiger partial charge is 0.242 e. The summed E-state index contributed by atoms with van der Waals surface area (Å²) in [5.74, 6) is 0.110. The maximum Gasteiger partial charge on any atom is 0.242 e. The van der Waals surface area contributed by atoms with Crippen molar-refractivity contribution in [3.63, 3.8) is 0 Å². The molecule has 0 radical (unpaired) electrons. The van der Waals surface area contributed by atoms with E-state index in [9.17, 15) is 4.79 Å². The summed E-state index contributed by atoms with van der Waals surface area (Å²) in [5.41, 5.74) is 7.58. The average molecular weight is 261 g/mol. The molecule has 1 saturated carbocycles. The minimum Gasteiger partial charge on any atom is -0.399 e. The maximum absolute atomic E-state index is 12.2. The number of hydrogen-bond donors (Lipinski definition) is 2. The van der Waals surface area contributed by atoms with Gasteiger partial charge < -0.3 is 16.0 Å². The van der Waals surface area contributed by atoms with Crippen LogP contribution in [-0.4, -0.2) is 24.5 Å². The average Bonchev–Trinajstić information content (AvgIpc) is 3.19. The van der Waals surface area contributed by atoms with Gasteiger partial charge in [0, 0.05) is 24.0 Å². The van der Waals surface area contributed by atoms with Crippen LogP contribution in [0.4, 0.5) is 11.4 Å². The Labute approximate surface area is 115 Å². The van der Waals surface area contributed by atoms with Crippen LogP contribution in [0.5, 0.6) is 0 Å². The molecule has 1 fully saturated rings. The number of nitrogens with one attached hydrogen (secondary N) is 1. The minimum absolute atomic E-state index is 0.110. The Bertz CT molecular complexity index is 443. The Balaban J connectivity index is 2.11. The second-order valence-corrected chi connectivity index (χ2v) is 5.25. The first kappa shape index (κ1) is 13.7. The third-order valence-corrected chi connectivity index (χ3v) is 3.44. The van der Waals surface area contributed by atoms with E-state index in [4.69, 9.17) is 5.73 Å². The Kier molecular flexibility index (Phi) is 4.30.